The maximum Gasteiger partial charge on any atom is 0.316 e. The van der Waals surface area contributed by atoms with Crippen LogP contribution in [0.3, 0.4) is 0 Å². The van der Waals surface area contributed by atoms with Gasteiger partial charge in [0.05, 0.1) is 19.8 Å². The third kappa shape index (κ3) is 3.10. The fourth-order valence-corrected chi connectivity index (χ4v) is 2.47. The third-order valence-electron chi connectivity index (χ3n) is 3.79. The highest BCUT2D eigenvalue weighted by Gasteiger charge is 2.20. The van der Waals surface area contributed by atoms with Crippen molar-refractivity contribution in [2.75, 3.05) is 14.2 Å². The van der Waals surface area contributed by atoms with E-state index in [1.165, 1.54) is 13.2 Å². The highest BCUT2D eigenvalue weighted by molar-refractivity contribution is 5.62. The molecule has 9 heteroatoms. The van der Waals surface area contributed by atoms with E-state index in [0.29, 0.717) is 22.9 Å². The Bertz CT molecular complexity index is 1090. The Hall–Kier alpha value is -3.75. The normalized spacial score (nSPS) is 10.8. The molecule has 0 atom stereocenters. The van der Waals surface area contributed by atoms with Gasteiger partial charge in [0.2, 0.25) is 11.6 Å². The van der Waals surface area contributed by atoms with Crippen LogP contribution in [0.1, 0.15) is 0 Å². The highest BCUT2D eigenvalue weighted by atomic mass is 19.1. The molecule has 0 unspecified atom stereocenters. The van der Waals surface area contributed by atoms with Crippen LogP contribution in [0.2, 0.25) is 0 Å². The van der Waals surface area contributed by atoms with E-state index in [1.807, 2.05) is 0 Å². The van der Waals surface area contributed by atoms with E-state index in [4.69, 9.17) is 18.5 Å². The molecule has 4 rings (SSSR count). The van der Waals surface area contributed by atoms with Crippen LogP contribution in [-0.2, 0) is 0 Å². The van der Waals surface area contributed by atoms with Gasteiger partial charge < -0.3 is 18.5 Å². The molecule has 8 nitrogen and oxygen atoms in total. The molecular formula is C18H13FN4O4. The van der Waals surface area contributed by atoms with Crippen molar-refractivity contribution in [1.82, 2.24) is 20.3 Å². The molecule has 0 fully saturated rings. The summed E-state index contributed by atoms with van der Waals surface area (Å²) in [4.78, 5) is 8.37. The van der Waals surface area contributed by atoms with Crippen molar-refractivity contribution < 1.29 is 22.9 Å². The van der Waals surface area contributed by atoms with E-state index >= 15 is 0 Å². The maximum atomic E-state index is 13.9. The molecule has 2 aromatic carbocycles. The zero-order chi connectivity index (χ0) is 18.8. The van der Waals surface area contributed by atoms with E-state index in [-0.39, 0.29) is 23.2 Å². The lowest BCUT2D eigenvalue weighted by atomic mass is 10.2. The van der Waals surface area contributed by atoms with Crippen LogP contribution in [0.4, 0.5) is 4.39 Å². The zero-order valence-corrected chi connectivity index (χ0v) is 14.3. The fraction of sp³-hybridized carbons (Fsp3) is 0.111. The van der Waals surface area contributed by atoms with E-state index in [2.05, 4.69) is 20.3 Å². The number of hydrogen-bond donors (Lipinski definition) is 0. The van der Waals surface area contributed by atoms with Gasteiger partial charge in [-0.15, -0.1) is 0 Å². The number of halogens is 1. The minimum absolute atomic E-state index is 0.00696. The summed E-state index contributed by atoms with van der Waals surface area (Å²) in [6.45, 7) is 0. The monoisotopic (exact) mass is 368 g/mol. The summed E-state index contributed by atoms with van der Waals surface area (Å²) < 4.78 is 34.6. The number of nitrogens with zero attached hydrogens (tertiary/aromatic N) is 4. The van der Waals surface area contributed by atoms with Crippen LogP contribution >= 0.6 is 0 Å². The van der Waals surface area contributed by atoms with Crippen molar-refractivity contribution in [3.63, 3.8) is 0 Å². The number of hydrogen-bond acceptors (Lipinski definition) is 8. The smallest absolute Gasteiger partial charge is 0.316 e. The van der Waals surface area contributed by atoms with Crippen LogP contribution in [-0.4, -0.2) is 34.5 Å². The van der Waals surface area contributed by atoms with Crippen molar-refractivity contribution in [3.8, 4) is 46.1 Å². The Kier molecular flexibility index (Phi) is 4.25. The molecule has 0 saturated carbocycles. The van der Waals surface area contributed by atoms with E-state index in [0.717, 1.165) is 0 Å². The predicted octanol–water partition coefficient (Wildman–Crippen LogP) is 3.61. The molecule has 0 N–H and O–H groups in total. The van der Waals surface area contributed by atoms with Gasteiger partial charge in [0.1, 0.15) is 5.82 Å². The minimum atomic E-state index is -0.457. The zero-order valence-electron chi connectivity index (χ0n) is 14.3. The summed E-state index contributed by atoms with van der Waals surface area (Å²) in [7, 11) is 3.08. The van der Waals surface area contributed by atoms with Gasteiger partial charge in [0.15, 0.2) is 11.5 Å². The molecular weight excluding hydrogens is 355 g/mol. The molecule has 0 saturated heterocycles. The second-order valence-corrected chi connectivity index (χ2v) is 5.40. The Morgan fingerprint density at radius 3 is 2.19 bits per heavy atom. The number of rotatable bonds is 5. The molecule has 0 amide bonds. The highest BCUT2D eigenvalue weighted by Crippen LogP contribution is 2.32. The van der Waals surface area contributed by atoms with Crippen molar-refractivity contribution >= 4 is 0 Å². The molecule has 0 spiro atoms. The molecule has 27 heavy (non-hydrogen) atoms. The lowest BCUT2D eigenvalue weighted by molar-refractivity contribution is 0.355. The van der Waals surface area contributed by atoms with Crippen LogP contribution in [0.5, 0.6) is 11.5 Å². The van der Waals surface area contributed by atoms with Crippen molar-refractivity contribution in [2.45, 2.75) is 0 Å². The van der Waals surface area contributed by atoms with Gasteiger partial charge in [-0.05, 0) is 30.3 Å². The van der Waals surface area contributed by atoms with Gasteiger partial charge in [-0.25, -0.2) is 4.39 Å². The first-order valence-corrected chi connectivity index (χ1v) is 7.84. The molecule has 4 aromatic rings. The largest absolute Gasteiger partial charge is 0.493 e. The van der Waals surface area contributed by atoms with Gasteiger partial charge in [0, 0.05) is 5.56 Å². The van der Waals surface area contributed by atoms with Gasteiger partial charge in [0.25, 0.3) is 0 Å². The second-order valence-electron chi connectivity index (χ2n) is 5.40. The van der Waals surface area contributed by atoms with E-state index in [1.54, 1.807) is 43.5 Å². The number of ether oxygens (including phenoxy) is 2. The lowest BCUT2D eigenvalue weighted by Gasteiger charge is -2.07. The summed E-state index contributed by atoms with van der Waals surface area (Å²) in [5.41, 5.74) is 0.864. The van der Waals surface area contributed by atoms with Gasteiger partial charge in [-0.2, -0.15) is 9.97 Å². The van der Waals surface area contributed by atoms with Crippen LogP contribution in [0.25, 0.3) is 34.6 Å². The second kappa shape index (κ2) is 6.87. The number of methoxy groups -OCH3 is 2. The Balaban J connectivity index is 1.65. The summed E-state index contributed by atoms with van der Waals surface area (Å²) in [6.07, 6.45) is 0. The van der Waals surface area contributed by atoms with E-state index in [9.17, 15) is 4.39 Å². The van der Waals surface area contributed by atoms with Crippen molar-refractivity contribution in [2.24, 2.45) is 0 Å². The number of benzene rings is 2. The summed E-state index contributed by atoms with van der Waals surface area (Å²) in [5, 5.41) is 7.67. The average molecular weight is 368 g/mol. The van der Waals surface area contributed by atoms with Crippen LogP contribution in [0, 0.1) is 5.82 Å². The predicted molar refractivity (Wildman–Crippen MR) is 91.5 cm³/mol. The molecule has 0 aliphatic heterocycles. The SMILES string of the molecule is COc1ccc(-c2noc(-c3nc(-c4ccccc4F)no3)n2)cc1OC. The molecule has 0 radical (unpaired) electrons. The molecule has 0 bridgehead atoms. The maximum absolute atomic E-state index is 13.9. The Morgan fingerprint density at radius 1 is 0.815 bits per heavy atom. The topological polar surface area (TPSA) is 96.3 Å². The first-order valence-electron chi connectivity index (χ1n) is 7.84. The quantitative estimate of drug-likeness (QED) is 0.527. The Morgan fingerprint density at radius 2 is 1.48 bits per heavy atom. The molecule has 136 valence electrons. The molecule has 2 aromatic heterocycles. The molecule has 2 heterocycles. The van der Waals surface area contributed by atoms with Crippen LogP contribution < -0.4 is 9.47 Å². The fourth-order valence-electron chi connectivity index (χ4n) is 2.47. The minimum Gasteiger partial charge on any atom is -0.493 e. The van der Waals surface area contributed by atoms with Gasteiger partial charge in [-0.1, -0.05) is 22.4 Å². The first kappa shape index (κ1) is 16.7. The summed E-state index contributed by atoms with van der Waals surface area (Å²) in [5.74, 6) is 1.06. The third-order valence-corrected chi connectivity index (χ3v) is 3.79. The molecule has 0 aliphatic rings. The van der Waals surface area contributed by atoms with Gasteiger partial charge >= 0.3 is 11.8 Å². The summed E-state index contributed by atoms with van der Waals surface area (Å²) >= 11 is 0. The Labute approximate surface area is 152 Å². The van der Waals surface area contributed by atoms with Crippen molar-refractivity contribution in [1.29, 1.82) is 0 Å². The van der Waals surface area contributed by atoms with Crippen LogP contribution in [0.15, 0.2) is 51.5 Å². The standard InChI is InChI=1S/C18H13FN4O4/c1-24-13-8-7-10(9-14(13)25-2)15-20-17(26-22-15)18-21-16(23-27-18)11-5-3-4-6-12(11)19/h3-9H,1-2H3. The number of aromatic nitrogens is 4. The first-order chi connectivity index (χ1) is 13.2. The summed E-state index contributed by atoms with van der Waals surface area (Å²) in [6, 6.07) is 11.3. The van der Waals surface area contributed by atoms with E-state index < -0.39 is 5.82 Å². The molecule has 0 aliphatic carbocycles. The van der Waals surface area contributed by atoms with Crippen molar-refractivity contribution in [3.05, 3.63) is 48.3 Å². The average Bonchev–Trinajstić information content (AvgIpc) is 3.37. The lowest BCUT2D eigenvalue weighted by Crippen LogP contribution is -1.91. The van der Waals surface area contributed by atoms with Gasteiger partial charge in [-0.3, -0.25) is 0 Å².